The van der Waals surface area contributed by atoms with Crippen LogP contribution < -0.4 is 10.5 Å². The van der Waals surface area contributed by atoms with Gasteiger partial charge in [0, 0.05) is 23.2 Å². The third-order valence-electron chi connectivity index (χ3n) is 4.58. The maximum atomic E-state index is 11.0. The van der Waals surface area contributed by atoms with E-state index in [0.29, 0.717) is 18.1 Å². The number of ether oxygens (including phenoxy) is 1. The summed E-state index contributed by atoms with van der Waals surface area (Å²) in [7, 11) is 1.59. The van der Waals surface area contributed by atoms with Gasteiger partial charge in [0.25, 0.3) is 5.69 Å². The van der Waals surface area contributed by atoms with E-state index in [1.54, 1.807) is 19.2 Å². The van der Waals surface area contributed by atoms with E-state index < -0.39 is 0 Å². The van der Waals surface area contributed by atoms with Gasteiger partial charge in [-0.15, -0.1) is 0 Å². The molecule has 5 nitrogen and oxygen atoms in total. The predicted molar refractivity (Wildman–Crippen MR) is 82.5 cm³/mol. The fraction of sp³-hybridized carbons (Fsp3) is 0.625. The number of hydrogen-bond acceptors (Lipinski definition) is 4. The van der Waals surface area contributed by atoms with Gasteiger partial charge in [-0.25, -0.2) is 0 Å². The molecule has 1 aromatic carbocycles. The van der Waals surface area contributed by atoms with Gasteiger partial charge in [-0.2, -0.15) is 0 Å². The number of methoxy groups -OCH3 is 1. The highest BCUT2D eigenvalue weighted by atomic mass is 16.6. The van der Waals surface area contributed by atoms with Gasteiger partial charge in [0.2, 0.25) is 0 Å². The topological polar surface area (TPSA) is 78.4 Å². The molecule has 5 heteroatoms. The summed E-state index contributed by atoms with van der Waals surface area (Å²) in [6.45, 7) is 2.20. The summed E-state index contributed by atoms with van der Waals surface area (Å²) in [6.07, 6.45) is 6.10. The Balaban J connectivity index is 2.24. The smallest absolute Gasteiger partial charge is 0.269 e. The van der Waals surface area contributed by atoms with E-state index in [-0.39, 0.29) is 16.1 Å². The standard InChI is InChI=1S/C16H24N2O3/c1-3-12-5-4-8-16(17,10-12)11-13-9-14(18(19)20)6-7-15(13)21-2/h6-7,9,12H,3-5,8,10-11,17H2,1-2H3. The second-order valence-corrected chi connectivity index (χ2v) is 6.16. The second-order valence-electron chi connectivity index (χ2n) is 6.16. The minimum absolute atomic E-state index is 0.0947. The molecule has 2 unspecified atom stereocenters. The van der Waals surface area contributed by atoms with E-state index in [2.05, 4.69) is 6.92 Å². The summed E-state index contributed by atoms with van der Waals surface area (Å²) in [4.78, 5) is 10.6. The molecule has 0 spiro atoms. The largest absolute Gasteiger partial charge is 0.496 e. The lowest BCUT2D eigenvalue weighted by Gasteiger charge is -2.38. The van der Waals surface area contributed by atoms with Crippen molar-refractivity contribution in [1.29, 1.82) is 0 Å². The van der Waals surface area contributed by atoms with Crippen LogP contribution in [0.2, 0.25) is 0 Å². The fourth-order valence-electron chi connectivity index (χ4n) is 3.43. The van der Waals surface area contributed by atoms with Crippen molar-refractivity contribution in [3.8, 4) is 5.75 Å². The van der Waals surface area contributed by atoms with Gasteiger partial charge in [0.05, 0.1) is 12.0 Å². The Morgan fingerprint density at radius 1 is 1.52 bits per heavy atom. The maximum Gasteiger partial charge on any atom is 0.269 e. The Kier molecular flexibility index (Phi) is 4.83. The van der Waals surface area contributed by atoms with Crippen LogP contribution in [0, 0.1) is 16.0 Å². The number of nitrogens with zero attached hydrogens (tertiary/aromatic N) is 1. The molecule has 2 rings (SSSR count). The molecule has 0 heterocycles. The molecule has 0 bridgehead atoms. The van der Waals surface area contributed by atoms with E-state index in [1.807, 2.05) is 0 Å². The lowest BCUT2D eigenvalue weighted by Crippen LogP contribution is -2.46. The third kappa shape index (κ3) is 3.73. The molecule has 2 N–H and O–H groups in total. The molecule has 1 fully saturated rings. The lowest BCUT2D eigenvalue weighted by molar-refractivity contribution is -0.384. The van der Waals surface area contributed by atoms with Gasteiger partial charge in [-0.1, -0.05) is 26.2 Å². The zero-order chi connectivity index (χ0) is 15.5. The number of rotatable bonds is 5. The first-order chi connectivity index (χ1) is 9.97. The van der Waals surface area contributed by atoms with E-state index in [1.165, 1.54) is 12.5 Å². The van der Waals surface area contributed by atoms with Gasteiger partial charge in [0.1, 0.15) is 5.75 Å². The molecule has 1 aliphatic rings. The molecular weight excluding hydrogens is 268 g/mol. The SMILES string of the molecule is CCC1CCCC(N)(Cc2cc([N+](=O)[O-])ccc2OC)C1. The number of hydrogen-bond donors (Lipinski definition) is 1. The lowest BCUT2D eigenvalue weighted by atomic mass is 9.72. The quantitative estimate of drug-likeness (QED) is 0.666. The molecule has 0 aromatic heterocycles. The number of nitro benzene ring substituents is 1. The zero-order valence-electron chi connectivity index (χ0n) is 12.8. The molecule has 0 aliphatic heterocycles. The highest BCUT2D eigenvalue weighted by Gasteiger charge is 2.33. The summed E-state index contributed by atoms with van der Waals surface area (Å²) in [6, 6.07) is 4.74. The van der Waals surface area contributed by atoms with Crippen molar-refractivity contribution in [2.45, 2.75) is 51.0 Å². The number of nitrogens with two attached hydrogens (primary N) is 1. The van der Waals surface area contributed by atoms with Crippen LogP contribution in [0.4, 0.5) is 5.69 Å². The molecule has 0 radical (unpaired) electrons. The Morgan fingerprint density at radius 3 is 2.90 bits per heavy atom. The van der Waals surface area contributed by atoms with Crippen molar-refractivity contribution in [2.24, 2.45) is 11.7 Å². The van der Waals surface area contributed by atoms with Crippen molar-refractivity contribution in [3.05, 3.63) is 33.9 Å². The van der Waals surface area contributed by atoms with Crippen LogP contribution in [-0.2, 0) is 6.42 Å². The zero-order valence-corrected chi connectivity index (χ0v) is 12.8. The predicted octanol–water partition coefficient (Wildman–Crippen LogP) is 3.44. The average Bonchev–Trinajstić information content (AvgIpc) is 2.46. The fourth-order valence-corrected chi connectivity index (χ4v) is 3.43. The molecule has 21 heavy (non-hydrogen) atoms. The highest BCUT2D eigenvalue weighted by Crippen LogP contribution is 2.37. The summed E-state index contributed by atoms with van der Waals surface area (Å²) in [5.41, 5.74) is 7.24. The van der Waals surface area contributed by atoms with Crippen molar-refractivity contribution < 1.29 is 9.66 Å². The van der Waals surface area contributed by atoms with Crippen molar-refractivity contribution in [3.63, 3.8) is 0 Å². The monoisotopic (exact) mass is 292 g/mol. The Morgan fingerprint density at radius 2 is 2.29 bits per heavy atom. The normalized spacial score (nSPS) is 25.6. The second kappa shape index (κ2) is 6.43. The van der Waals surface area contributed by atoms with Crippen molar-refractivity contribution in [1.82, 2.24) is 0 Å². The Labute approximate surface area is 125 Å². The van der Waals surface area contributed by atoms with E-state index in [4.69, 9.17) is 10.5 Å². The molecule has 1 aliphatic carbocycles. The summed E-state index contributed by atoms with van der Waals surface area (Å²) >= 11 is 0. The van der Waals surface area contributed by atoms with Crippen LogP contribution in [0.5, 0.6) is 5.75 Å². The van der Waals surface area contributed by atoms with Gasteiger partial charge in [-0.3, -0.25) is 10.1 Å². The molecule has 116 valence electrons. The average molecular weight is 292 g/mol. The number of benzene rings is 1. The van der Waals surface area contributed by atoms with Crippen LogP contribution in [0.1, 0.15) is 44.6 Å². The van der Waals surface area contributed by atoms with E-state index >= 15 is 0 Å². The highest BCUT2D eigenvalue weighted by molar-refractivity contribution is 5.44. The van der Waals surface area contributed by atoms with Gasteiger partial charge in [0.15, 0.2) is 0 Å². The molecular formula is C16H24N2O3. The van der Waals surface area contributed by atoms with Gasteiger partial charge < -0.3 is 10.5 Å². The minimum atomic E-state index is -0.373. The van der Waals surface area contributed by atoms with Gasteiger partial charge >= 0.3 is 0 Å². The third-order valence-corrected chi connectivity index (χ3v) is 4.58. The first-order valence-electron chi connectivity index (χ1n) is 7.57. The van der Waals surface area contributed by atoms with Crippen LogP contribution in [0.15, 0.2) is 18.2 Å². The minimum Gasteiger partial charge on any atom is -0.496 e. The van der Waals surface area contributed by atoms with Crippen LogP contribution in [-0.4, -0.2) is 17.6 Å². The Hall–Kier alpha value is -1.62. The van der Waals surface area contributed by atoms with Crippen molar-refractivity contribution >= 4 is 5.69 Å². The van der Waals surface area contributed by atoms with E-state index in [0.717, 1.165) is 31.2 Å². The molecule has 0 amide bonds. The summed E-state index contributed by atoms with van der Waals surface area (Å²) < 4.78 is 5.34. The summed E-state index contributed by atoms with van der Waals surface area (Å²) in [5, 5.41) is 11.0. The molecule has 2 atom stereocenters. The van der Waals surface area contributed by atoms with Crippen LogP contribution >= 0.6 is 0 Å². The molecule has 1 aromatic rings. The number of non-ortho nitro benzene ring substituents is 1. The van der Waals surface area contributed by atoms with Crippen LogP contribution in [0.25, 0.3) is 0 Å². The summed E-state index contributed by atoms with van der Waals surface area (Å²) in [5.74, 6) is 1.34. The first kappa shape index (κ1) is 15.8. The number of nitro groups is 1. The first-order valence-corrected chi connectivity index (χ1v) is 7.57. The maximum absolute atomic E-state index is 11.0. The Bertz CT molecular complexity index is 518. The van der Waals surface area contributed by atoms with Crippen molar-refractivity contribution in [2.75, 3.05) is 7.11 Å². The molecule has 0 saturated heterocycles. The van der Waals surface area contributed by atoms with Gasteiger partial charge in [-0.05, 0) is 31.2 Å². The van der Waals surface area contributed by atoms with Crippen LogP contribution in [0.3, 0.4) is 0 Å². The van der Waals surface area contributed by atoms with E-state index in [9.17, 15) is 10.1 Å². The molecule has 1 saturated carbocycles.